The van der Waals surface area contributed by atoms with Crippen LogP contribution in [0.2, 0.25) is 0 Å². The Bertz CT molecular complexity index is 1540. The normalized spacial score (nSPS) is 24.4. The highest BCUT2D eigenvalue weighted by Crippen LogP contribution is 2.46. The van der Waals surface area contributed by atoms with Crippen LogP contribution in [0, 0.1) is 11.8 Å². The lowest BCUT2D eigenvalue weighted by Crippen LogP contribution is -2.51. The van der Waals surface area contributed by atoms with E-state index in [1.54, 1.807) is 12.1 Å². The zero-order valence-electron chi connectivity index (χ0n) is 28.0. The Kier molecular flexibility index (Phi) is 9.09. The van der Waals surface area contributed by atoms with Crippen molar-refractivity contribution < 1.29 is 23.8 Å². The van der Waals surface area contributed by atoms with Crippen LogP contribution in [0.4, 0.5) is 0 Å². The van der Waals surface area contributed by atoms with Crippen LogP contribution < -0.4 is 9.47 Å². The van der Waals surface area contributed by atoms with Crippen LogP contribution >= 0.6 is 0 Å². The number of morpholine rings is 1. The van der Waals surface area contributed by atoms with Crippen molar-refractivity contribution in [3.05, 3.63) is 70.8 Å². The molecular formula is C37H47N5O5. The molecule has 2 unspecified atom stereocenters. The highest BCUT2D eigenvalue weighted by molar-refractivity contribution is 6.08. The van der Waals surface area contributed by atoms with E-state index in [9.17, 15) is 9.59 Å². The predicted octanol–water partition coefficient (Wildman–Crippen LogP) is 3.83. The van der Waals surface area contributed by atoms with Gasteiger partial charge >= 0.3 is 0 Å². The minimum Gasteiger partial charge on any atom is -0.493 e. The van der Waals surface area contributed by atoms with Gasteiger partial charge in [0.2, 0.25) is 5.91 Å². The summed E-state index contributed by atoms with van der Waals surface area (Å²) in [5.41, 5.74) is 4.35. The average Bonchev–Trinajstić information content (AvgIpc) is 3.44. The van der Waals surface area contributed by atoms with Crippen LogP contribution in [0.1, 0.15) is 53.7 Å². The van der Waals surface area contributed by atoms with E-state index in [1.807, 2.05) is 35.2 Å². The Balaban J connectivity index is 1.03. The molecule has 250 valence electrons. The van der Waals surface area contributed by atoms with E-state index >= 15 is 0 Å². The summed E-state index contributed by atoms with van der Waals surface area (Å²) >= 11 is 0. The van der Waals surface area contributed by atoms with Crippen molar-refractivity contribution in [2.24, 2.45) is 16.9 Å². The molecule has 0 saturated carbocycles. The molecule has 4 heterocycles. The zero-order chi connectivity index (χ0) is 32.5. The molecule has 2 atom stereocenters. The van der Waals surface area contributed by atoms with Gasteiger partial charge in [-0.05, 0) is 56.5 Å². The maximum Gasteiger partial charge on any atom is 0.253 e. The number of fused-ring (bicyclic) bond motifs is 2. The number of carbonyl (C=O) groups is 2. The average molecular weight is 642 g/mol. The molecule has 2 aromatic carbocycles. The standard InChI is InChI=1S/C37H47N5O5/c1-37(2)24-31-29(12-13-32(45-3)34(31)47-37)33-28-6-4-5-7-30(28)36(44)42(38-33)25-26-8-10-27(11-9-26)35(43)41-18-16-39(17-19-41)14-15-40-20-22-46-23-21-40/h4-5,8-13,28,30H,6-7,14-25H2,1-3H3. The third kappa shape index (κ3) is 6.68. The predicted molar refractivity (Wildman–Crippen MR) is 180 cm³/mol. The molecule has 0 spiro atoms. The third-order valence-electron chi connectivity index (χ3n) is 10.3. The minimum atomic E-state index is -0.349. The first-order valence-electron chi connectivity index (χ1n) is 17.1. The molecule has 2 saturated heterocycles. The van der Waals surface area contributed by atoms with Gasteiger partial charge in [0.25, 0.3) is 5.91 Å². The molecule has 0 aromatic heterocycles. The van der Waals surface area contributed by atoms with Gasteiger partial charge < -0.3 is 19.1 Å². The van der Waals surface area contributed by atoms with E-state index in [1.165, 1.54) is 0 Å². The van der Waals surface area contributed by atoms with Crippen molar-refractivity contribution in [2.45, 2.75) is 45.3 Å². The number of ether oxygens (including phenoxy) is 3. The second kappa shape index (κ2) is 13.4. The fourth-order valence-corrected chi connectivity index (χ4v) is 7.62. The van der Waals surface area contributed by atoms with E-state index in [2.05, 4.69) is 41.9 Å². The second-order valence-electron chi connectivity index (χ2n) is 14.0. The van der Waals surface area contributed by atoms with Crippen LogP contribution in [-0.4, -0.2) is 116 Å². The Morgan fingerprint density at radius 3 is 2.30 bits per heavy atom. The summed E-state index contributed by atoms with van der Waals surface area (Å²) in [6.45, 7) is 13.5. The second-order valence-corrected chi connectivity index (χ2v) is 14.0. The highest BCUT2D eigenvalue weighted by atomic mass is 16.5. The number of benzene rings is 2. The molecule has 2 fully saturated rings. The zero-order valence-corrected chi connectivity index (χ0v) is 28.0. The van der Waals surface area contributed by atoms with Crippen molar-refractivity contribution in [1.29, 1.82) is 0 Å². The molecule has 7 rings (SSSR count). The number of allylic oxidation sites excluding steroid dienone is 2. The molecule has 47 heavy (non-hydrogen) atoms. The molecule has 5 aliphatic rings. The Morgan fingerprint density at radius 2 is 1.60 bits per heavy atom. The van der Waals surface area contributed by atoms with Gasteiger partial charge in [0.05, 0.1) is 38.5 Å². The van der Waals surface area contributed by atoms with Crippen LogP contribution in [0.25, 0.3) is 0 Å². The highest BCUT2D eigenvalue weighted by Gasteiger charge is 2.43. The molecule has 10 heteroatoms. The van der Waals surface area contributed by atoms with Gasteiger partial charge in [-0.1, -0.05) is 24.3 Å². The lowest BCUT2D eigenvalue weighted by atomic mass is 9.75. The Labute approximate surface area is 277 Å². The number of rotatable bonds is 8. The van der Waals surface area contributed by atoms with Crippen LogP contribution in [0.15, 0.2) is 53.7 Å². The van der Waals surface area contributed by atoms with Crippen LogP contribution in [0.5, 0.6) is 11.5 Å². The summed E-state index contributed by atoms with van der Waals surface area (Å²) in [5.74, 6) is 1.47. The van der Waals surface area contributed by atoms with E-state index in [0.29, 0.717) is 18.5 Å². The maximum atomic E-state index is 13.8. The molecule has 10 nitrogen and oxygen atoms in total. The molecule has 2 aromatic rings. The van der Waals surface area contributed by atoms with Gasteiger partial charge in [-0.3, -0.25) is 19.4 Å². The molecule has 0 radical (unpaired) electrons. The van der Waals surface area contributed by atoms with E-state index in [0.717, 1.165) is 112 Å². The summed E-state index contributed by atoms with van der Waals surface area (Å²) in [5, 5.41) is 6.70. The van der Waals surface area contributed by atoms with E-state index in [4.69, 9.17) is 19.3 Å². The first kappa shape index (κ1) is 31.8. The van der Waals surface area contributed by atoms with Gasteiger partial charge in [-0.15, -0.1) is 0 Å². The SMILES string of the molecule is COc1ccc(C2=NN(Cc3ccc(C(=O)N4CCN(CCN5CCOCC5)CC4)cc3)C(=O)C3CC=CCC23)c2c1OC(C)(C)C2. The van der Waals surface area contributed by atoms with E-state index in [-0.39, 0.29) is 29.3 Å². The number of nitrogens with zero attached hydrogens (tertiary/aromatic N) is 5. The number of methoxy groups -OCH3 is 1. The van der Waals surface area contributed by atoms with Crippen LogP contribution in [0.3, 0.4) is 0 Å². The van der Waals surface area contributed by atoms with Gasteiger partial charge in [-0.25, -0.2) is 5.01 Å². The monoisotopic (exact) mass is 641 g/mol. The fourth-order valence-electron chi connectivity index (χ4n) is 7.62. The Hall–Kier alpha value is -3.73. The summed E-state index contributed by atoms with van der Waals surface area (Å²) in [6, 6.07) is 11.7. The third-order valence-corrected chi connectivity index (χ3v) is 10.3. The summed E-state index contributed by atoms with van der Waals surface area (Å²) < 4.78 is 17.4. The molecule has 0 N–H and O–H groups in total. The van der Waals surface area contributed by atoms with Crippen molar-refractivity contribution in [3.8, 4) is 11.5 Å². The lowest BCUT2D eigenvalue weighted by Gasteiger charge is -2.37. The summed E-state index contributed by atoms with van der Waals surface area (Å²) in [7, 11) is 1.66. The van der Waals surface area contributed by atoms with Gasteiger partial charge in [-0.2, -0.15) is 5.10 Å². The van der Waals surface area contributed by atoms with Crippen molar-refractivity contribution in [1.82, 2.24) is 19.7 Å². The number of hydrazone groups is 1. The topological polar surface area (TPSA) is 87.2 Å². The largest absolute Gasteiger partial charge is 0.493 e. The number of carbonyl (C=O) groups excluding carboxylic acids is 2. The van der Waals surface area contributed by atoms with Gasteiger partial charge in [0, 0.05) is 81.4 Å². The minimum absolute atomic E-state index is 0.0183. The molecular weight excluding hydrogens is 594 g/mol. The van der Waals surface area contributed by atoms with E-state index < -0.39 is 0 Å². The summed E-state index contributed by atoms with van der Waals surface area (Å²) in [6.07, 6.45) is 6.52. The number of piperazine rings is 1. The van der Waals surface area contributed by atoms with Crippen molar-refractivity contribution in [3.63, 3.8) is 0 Å². The van der Waals surface area contributed by atoms with Gasteiger partial charge in [0.1, 0.15) is 5.60 Å². The van der Waals surface area contributed by atoms with Crippen LogP contribution in [-0.2, 0) is 22.5 Å². The van der Waals surface area contributed by atoms with Crippen molar-refractivity contribution in [2.75, 3.05) is 72.7 Å². The first-order valence-corrected chi connectivity index (χ1v) is 17.1. The smallest absolute Gasteiger partial charge is 0.253 e. The lowest BCUT2D eigenvalue weighted by molar-refractivity contribution is -0.138. The van der Waals surface area contributed by atoms with Gasteiger partial charge in [0.15, 0.2) is 11.5 Å². The Morgan fingerprint density at radius 1 is 0.915 bits per heavy atom. The number of amides is 2. The fraction of sp³-hybridized carbons (Fsp3) is 0.541. The summed E-state index contributed by atoms with van der Waals surface area (Å²) in [4.78, 5) is 34.0. The quantitative estimate of drug-likeness (QED) is 0.405. The maximum absolute atomic E-state index is 13.8. The molecule has 2 amide bonds. The molecule has 1 aliphatic carbocycles. The molecule has 0 bridgehead atoms. The number of hydrogen-bond donors (Lipinski definition) is 0. The molecule has 4 aliphatic heterocycles. The first-order chi connectivity index (χ1) is 22.8. The number of hydrogen-bond acceptors (Lipinski definition) is 8. The van der Waals surface area contributed by atoms with Crippen molar-refractivity contribution >= 4 is 17.5 Å².